The second-order valence-electron chi connectivity index (χ2n) is 7.02. The summed E-state index contributed by atoms with van der Waals surface area (Å²) < 4.78 is 3.75. The molecule has 9 nitrogen and oxygen atoms in total. The molecule has 1 fully saturated rings. The number of carboxylic acid groups (broad SMARTS) is 1. The Hall–Kier alpha value is -2.92. The van der Waals surface area contributed by atoms with Gasteiger partial charge in [0.2, 0.25) is 5.95 Å². The molecule has 1 aliphatic heterocycles. The zero-order valence-electron chi connectivity index (χ0n) is 16.5. The van der Waals surface area contributed by atoms with Crippen LogP contribution in [0.2, 0.25) is 0 Å². The van der Waals surface area contributed by atoms with Crippen molar-refractivity contribution in [2.24, 2.45) is 0 Å². The van der Waals surface area contributed by atoms with Crippen LogP contribution in [0.5, 0.6) is 0 Å². The molecule has 3 aromatic heterocycles. The fourth-order valence-corrected chi connectivity index (χ4v) is 5.01. The first kappa shape index (κ1) is 20.4. The van der Waals surface area contributed by atoms with Crippen molar-refractivity contribution in [2.45, 2.75) is 33.1 Å². The van der Waals surface area contributed by atoms with E-state index in [0.29, 0.717) is 32.7 Å². The number of aromatic carboxylic acids is 1. The summed E-state index contributed by atoms with van der Waals surface area (Å²) >= 11 is 2.21. The van der Waals surface area contributed by atoms with Crippen molar-refractivity contribution in [3.63, 3.8) is 0 Å². The Kier molecular flexibility index (Phi) is 5.73. The smallest absolute Gasteiger partial charge is 0.339 e. The van der Waals surface area contributed by atoms with Crippen LogP contribution in [-0.4, -0.2) is 49.6 Å². The molecule has 1 saturated heterocycles. The summed E-state index contributed by atoms with van der Waals surface area (Å²) in [6.07, 6.45) is 5.13. The Morgan fingerprint density at radius 3 is 2.57 bits per heavy atom. The van der Waals surface area contributed by atoms with E-state index in [9.17, 15) is 14.7 Å². The first-order valence-electron chi connectivity index (χ1n) is 9.49. The van der Waals surface area contributed by atoms with Crippen LogP contribution in [0.1, 0.15) is 50.7 Å². The fourth-order valence-electron chi connectivity index (χ4n) is 3.40. The van der Waals surface area contributed by atoms with E-state index in [2.05, 4.69) is 29.8 Å². The van der Waals surface area contributed by atoms with E-state index in [4.69, 9.17) is 0 Å². The van der Waals surface area contributed by atoms with Gasteiger partial charge in [-0.25, -0.2) is 14.8 Å². The highest BCUT2D eigenvalue weighted by Crippen LogP contribution is 2.37. The summed E-state index contributed by atoms with van der Waals surface area (Å²) in [7, 11) is 0. The third-order valence-electron chi connectivity index (χ3n) is 4.96. The SMILES string of the molecule is Cc1nc(N2CCCCC2)ncc1-c1scc(NC(=O)c2snnc2C)c1C(=O)O. The Labute approximate surface area is 181 Å². The molecule has 4 rings (SSSR count). The van der Waals surface area contributed by atoms with Gasteiger partial charge < -0.3 is 15.3 Å². The molecule has 1 amide bonds. The summed E-state index contributed by atoms with van der Waals surface area (Å²) in [5.74, 6) is -0.881. The van der Waals surface area contributed by atoms with E-state index >= 15 is 0 Å². The number of carboxylic acids is 1. The van der Waals surface area contributed by atoms with Gasteiger partial charge in [0, 0.05) is 30.2 Å². The molecule has 30 heavy (non-hydrogen) atoms. The third kappa shape index (κ3) is 3.90. The largest absolute Gasteiger partial charge is 0.478 e. The molecule has 0 aliphatic carbocycles. The summed E-state index contributed by atoms with van der Waals surface area (Å²) in [4.78, 5) is 36.7. The molecule has 0 radical (unpaired) electrons. The van der Waals surface area contributed by atoms with Gasteiger partial charge >= 0.3 is 5.97 Å². The quantitative estimate of drug-likeness (QED) is 0.612. The van der Waals surface area contributed by atoms with Crippen molar-refractivity contribution in [3.8, 4) is 10.4 Å². The van der Waals surface area contributed by atoms with Gasteiger partial charge in [0.1, 0.15) is 10.4 Å². The number of piperidine rings is 1. The molecule has 156 valence electrons. The Bertz CT molecular complexity index is 1100. The lowest BCUT2D eigenvalue weighted by Gasteiger charge is -2.26. The monoisotopic (exact) mass is 444 g/mol. The summed E-state index contributed by atoms with van der Waals surface area (Å²) in [6, 6.07) is 0. The average Bonchev–Trinajstić information content (AvgIpc) is 3.34. The second-order valence-corrected chi connectivity index (χ2v) is 8.65. The maximum atomic E-state index is 12.5. The van der Waals surface area contributed by atoms with Gasteiger partial charge in [-0.3, -0.25) is 4.79 Å². The number of nitrogens with one attached hydrogen (secondary N) is 1. The van der Waals surface area contributed by atoms with Gasteiger partial charge in [-0.2, -0.15) is 0 Å². The van der Waals surface area contributed by atoms with Gasteiger partial charge in [0.05, 0.1) is 22.0 Å². The number of aromatic nitrogens is 4. The van der Waals surface area contributed by atoms with Crippen molar-refractivity contribution in [3.05, 3.63) is 33.4 Å². The van der Waals surface area contributed by atoms with Crippen molar-refractivity contribution < 1.29 is 14.7 Å². The molecular weight excluding hydrogens is 424 g/mol. The number of amides is 1. The molecule has 11 heteroatoms. The Morgan fingerprint density at radius 2 is 1.93 bits per heavy atom. The van der Waals surface area contributed by atoms with E-state index in [-0.39, 0.29) is 11.3 Å². The number of carbonyl (C=O) groups is 2. The number of hydrogen-bond donors (Lipinski definition) is 2. The minimum atomic E-state index is -1.12. The first-order valence-corrected chi connectivity index (χ1v) is 11.1. The number of hydrogen-bond acceptors (Lipinski definition) is 9. The minimum absolute atomic E-state index is 0.0286. The fraction of sp³-hybridized carbons (Fsp3) is 0.368. The molecule has 0 unspecified atom stereocenters. The zero-order valence-corrected chi connectivity index (χ0v) is 18.1. The maximum Gasteiger partial charge on any atom is 0.339 e. The highest BCUT2D eigenvalue weighted by Gasteiger charge is 2.25. The Balaban J connectivity index is 1.65. The van der Waals surface area contributed by atoms with E-state index < -0.39 is 11.9 Å². The third-order valence-corrected chi connectivity index (χ3v) is 6.80. The minimum Gasteiger partial charge on any atom is -0.478 e. The van der Waals surface area contributed by atoms with Crippen LogP contribution in [-0.2, 0) is 0 Å². The Morgan fingerprint density at radius 1 is 1.17 bits per heavy atom. The molecule has 0 atom stereocenters. The predicted octanol–water partition coefficient (Wildman–Crippen LogP) is 3.61. The lowest BCUT2D eigenvalue weighted by Crippen LogP contribution is -2.31. The van der Waals surface area contributed by atoms with Crippen LogP contribution >= 0.6 is 22.9 Å². The van der Waals surface area contributed by atoms with Crippen LogP contribution in [0.4, 0.5) is 11.6 Å². The molecule has 0 spiro atoms. The average molecular weight is 445 g/mol. The predicted molar refractivity (Wildman–Crippen MR) is 116 cm³/mol. The van der Waals surface area contributed by atoms with Gasteiger partial charge in [-0.1, -0.05) is 4.49 Å². The number of anilines is 2. The topological polar surface area (TPSA) is 121 Å². The number of nitrogens with zero attached hydrogens (tertiary/aromatic N) is 5. The molecular formula is C19H20N6O3S2. The van der Waals surface area contributed by atoms with Crippen molar-refractivity contribution in [1.82, 2.24) is 19.6 Å². The highest BCUT2D eigenvalue weighted by molar-refractivity contribution is 7.14. The van der Waals surface area contributed by atoms with Crippen molar-refractivity contribution in [1.29, 1.82) is 0 Å². The number of thiophene rings is 1. The van der Waals surface area contributed by atoms with E-state index in [1.807, 2.05) is 6.92 Å². The lowest BCUT2D eigenvalue weighted by atomic mass is 10.1. The van der Waals surface area contributed by atoms with Gasteiger partial charge in [-0.05, 0) is 44.6 Å². The summed E-state index contributed by atoms with van der Waals surface area (Å²) in [5, 5.41) is 18.0. The molecule has 1 aliphatic rings. The van der Waals surface area contributed by atoms with Crippen LogP contribution in [0.25, 0.3) is 10.4 Å². The van der Waals surface area contributed by atoms with Crippen LogP contribution in [0.3, 0.4) is 0 Å². The zero-order chi connectivity index (χ0) is 21.3. The molecule has 4 heterocycles. The van der Waals surface area contributed by atoms with Gasteiger partial charge in [-0.15, -0.1) is 16.4 Å². The molecule has 0 bridgehead atoms. The lowest BCUT2D eigenvalue weighted by molar-refractivity contribution is 0.0699. The van der Waals surface area contributed by atoms with E-state index in [0.717, 1.165) is 37.5 Å². The number of carbonyl (C=O) groups excluding carboxylic acids is 1. The first-order chi connectivity index (χ1) is 14.5. The summed E-state index contributed by atoms with van der Waals surface area (Å²) in [5.41, 5.74) is 2.12. The molecule has 0 saturated carbocycles. The van der Waals surface area contributed by atoms with E-state index in [1.165, 1.54) is 17.8 Å². The van der Waals surface area contributed by atoms with Crippen LogP contribution < -0.4 is 10.2 Å². The number of rotatable bonds is 5. The summed E-state index contributed by atoms with van der Waals surface area (Å²) in [6.45, 7) is 5.39. The molecule has 2 N–H and O–H groups in total. The van der Waals surface area contributed by atoms with Crippen LogP contribution in [0.15, 0.2) is 11.6 Å². The maximum absolute atomic E-state index is 12.5. The van der Waals surface area contributed by atoms with Gasteiger partial charge in [0.25, 0.3) is 5.91 Å². The second kappa shape index (κ2) is 8.44. The van der Waals surface area contributed by atoms with Crippen molar-refractivity contribution >= 4 is 46.4 Å². The standard InChI is InChI=1S/C19H20N6O3S2/c1-10-12(8-20-19(21-10)25-6-4-3-5-7-25)16-14(18(27)28)13(9-29-16)22-17(26)15-11(2)23-24-30-15/h8-9H,3-7H2,1-2H3,(H,22,26)(H,27,28). The highest BCUT2D eigenvalue weighted by atomic mass is 32.1. The molecule has 0 aromatic carbocycles. The van der Waals surface area contributed by atoms with Crippen LogP contribution in [0, 0.1) is 13.8 Å². The van der Waals surface area contributed by atoms with E-state index in [1.54, 1.807) is 18.5 Å². The molecule has 3 aromatic rings. The normalized spacial score (nSPS) is 14.0. The van der Waals surface area contributed by atoms with Gasteiger partial charge in [0.15, 0.2) is 0 Å². The number of aryl methyl sites for hydroxylation is 2. The van der Waals surface area contributed by atoms with Crippen molar-refractivity contribution in [2.75, 3.05) is 23.3 Å².